The Morgan fingerprint density at radius 1 is 1.32 bits per heavy atom. The minimum atomic E-state index is 0.433. The van der Waals surface area contributed by atoms with Gasteiger partial charge in [0.05, 0.1) is 5.56 Å². The molecule has 2 heterocycles. The highest BCUT2D eigenvalue weighted by Gasteiger charge is 2.30. The third kappa shape index (κ3) is 2.71. The molecule has 3 rings (SSSR count). The Morgan fingerprint density at radius 3 is 2.95 bits per heavy atom. The van der Waals surface area contributed by atoms with Gasteiger partial charge in [0.25, 0.3) is 0 Å². The zero-order chi connectivity index (χ0) is 13.1. The normalized spacial score (nSPS) is 24.5. The number of nitrogens with zero attached hydrogens (tertiary/aromatic N) is 3. The monoisotopic (exact) mass is 256 g/mol. The van der Waals surface area contributed by atoms with E-state index in [1.165, 1.54) is 32.2 Å². The summed E-state index contributed by atoms with van der Waals surface area (Å²) in [5.41, 5.74) is 0.641. The SMILES string of the molecule is N#Cc1cccnc1NC1CCN(C2CCCC2)C1. The zero-order valence-corrected chi connectivity index (χ0v) is 11.2. The van der Waals surface area contributed by atoms with E-state index < -0.39 is 0 Å². The van der Waals surface area contributed by atoms with Crippen LogP contribution in [-0.2, 0) is 0 Å². The van der Waals surface area contributed by atoms with Crippen molar-refractivity contribution in [3.05, 3.63) is 23.9 Å². The standard InChI is InChI=1S/C15H20N4/c16-10-12-4-3-8-17-15(12)18-13-7-9-19(11-13)14-5-1-2-6-14/h3-4,8,13-14H,1-2,5-7,9,11H2,(H,17,18). The summed E-state index contributed by atoms with van der Waals surface area (Å²) in [6.45, 7) is 2.27. The summed E-state index contributed by atoms with van der Waals surface area (Å²) in [4.78, 5) is 6.89. The molecule has 1 aliphatic heterocycles. The fourth-order valence-electron chi connectivity index (χ4n) is 3.31. The molecule has 2 fully saturated rings. The summed E-state index contributed by atoms with van der Waals surface area (Å²) < 4.78 is 0. The van der Waals surface area contributed by atoms with E-state index in [9.17, 15) is 0 Å². The van der Waals surface area contributed by atoms with Crippen molar-refractivity contribution in [3.8, 4) is 6.07 Å². The number of nitrogens with one attached hydrogen (secondary N) is 1. The number of rotatable bonds is 3. The van der Waals surface area contributed by atoms with Crippen LogP contribution in [0.2, 0.25) is 0 Å². The van der Waals surface area contributed by atoms with Crippen molar-refractivity contribution in [1.82, 2.24) is 9.88 Å². The van der Waals surface area contributed by atoms with Gasteiger partial charge in [-0.1, -0.05) is 12.8 Å². The second-order valence-electron chi connectivity index (χ2n) is 5.57. The Hall–Kier alpha value is -1.60. The molecule has 0 spiro atoms. The van der Waals surface area contributed by atoms with Crippen LogP contribution in [-0.4, -0.2) is 35.1 Å². The highest BCUT2D eigenvalue weighted by molar-refractivity contribution is 5.51. The van der Waals surface area contributed by atoms with Gasteiger partial charge in [-0.3, -0.25) is 4.90 Å². The number of pyridine rings is 1. The van der Waals surface area contributed by atoms with E-state index in [0.29, 0.717) is 11.6 Å². The molecule has 1 saturated heterocycles. The van der Waals surface area contributed by atoms with E-state index in [-0.39, 0.29) is 0 Å². The molecule has 4 heteroatoms. The number of nitriles is 1. The lowest BCUT2D eigenvalue weighted by Crippen LogP contribution is -2.33. The smallest absolute Gasteiger partial charge is 0.144 e. The van der Waals surface area contributed by atoms with Crippen LogP contribution in [0.5, 0.6) is 0 Å². The molecule has 0 radical (unpaired) electrons. The van der Waals surface area contributed by atoms with Crippen LogP contribution in [0.1, 0.15) is 37.7 Å². The molecule has 1 atom stereocenters. The van der Waals surface area contributed by atoms with Crippen LogP contribution >= 0.6 is 0 Å². The van der Waals surface area contributed by atoms with Gasteiger partial charge in [0.1, 0.15) is 11.9 Å². The average Bonchev–Trinajstić information content (AvgIpc) is 3.09. The molecule has 100 valence electrons. The highest BCUT2D eigenvalue weighted by atomic mass is 15.2. The molecular weight excluding hydrogens is 236 g/mol. The van der Waals surface area contributed by atoms with Gasteiger partial charge in [-0.15, -0.1) is 0 Å². The first-order valence-corrected chi connectivity index (χ1v) is 7.22. The summed E-state index contributed by atoms with van der Waals surface area (Å²) in [5, 5.41) is 12.5. The molecule has 0 aromatic carbocycles. The van der Waals surface area contributed by atoms with Gasteiger partial charge in [-0.2, -0.15) is 5.26 Å². The van der Waals surface area contributed by atoms with Crippen molar-refractivity contribution in [2.24, 2.45) is 0 Å². The van der Waals surface area contributed by atoms with E-state index in [1.54, 1.807) is 6.20 Å². The van der Waals surface area contributed by atoms with Gasteiger partial charge >= 0.3 is 0 Å². The molecule has 1 aromatic rings. The third-order valence-corrected chi connectivity index (χ3v) is 4.33. The van der Waals surface area contributed by atoms with Gasteiger partial charge in [-0.05, 0) is 31.4 Å². The Morgan fingerprint density at radius 2 is 2.16 bits per heavy atom. The van der Waals surface area contributed by atoms with Gasteiger partial charge in [0.15, 0.2) is 0 Å². The largest absolute Gasteiger partial charge is 0.365 e. The number of hydrogen-bond acceptors (Lipinski definition) is 4. The average molecular weight is 256 g/mol. The first-order valence-electron chi connectivity index (χ1n) is 7.22. The summed E-state index contributed by atoms with van der Waals surface area (Å²) in [6, 6.07) is 7.05. The van der Waals surface area contributed by atoms with Gasteiger partial charge in [-0.25, -0.2) is 4.98 Å². The summed E-state index contributed by atoms with van der Waals surface area (Å²) in [7, 11) is 0. The quantitative estimate of drug-likeness (QED) is 0.902. The van der Waals surface area contributed by atoms with Crippen molar-refractivity contribution in [2.45, 2.75) is 44.2 Å². The van der Waals surface area contributed by atoms with E-state index in [1.807, 2.05) is 12.1 Å². The van der Waals surface area contributed by atoms with Gasteiger partial charge in [0.2, 0.25) is 0 Å². The number of likely N-dealkylation sites (tertiary alicyclic amines) is 1. The second kappa shape index (κ2) is 5.58. The van der Waals surface area contributed by atoms with Crippen LogP contribution in [0, 0.1) is 11.3 Å². The van der Waals surface area contributed by atoms with E-state index in [4.69, 9.17) is 5.26 Å². The Kier molecular flexibility index (Phi) is 3.65. The summed E-state index contributed by atoms with van der Waals surface area (Å²) in [5.74, 6) is 0.739. The van der Waals surface area contributed by atoms with Crippen molar-refractivity contribution in [1.29, 1.82) is 5.26 Å². The van der Waals surface area contributed by atoms with Crippen molar-refractivity contribution in [2.75, 3.05) is 18.4 Å². The Balaban J connectivity index is 1.61. The second-order valence-corrected chi connectivity index (χ2v) is 5.57. The Labute approximate surface area is 114 Å². The molecule has 1 aromatic heterocycles. The lowest BCUT2D eigenvalue weighted by molar-refractivity contribution is 0.245. The molecule has 0 bridgehead atoms. The summed E-state index contributed by atoms with van der Waals surface area (Å²) in [6.07, 6.45) is 8.39. The van der Waals surface area contributed by atoms with E-state index in [2.05, 4.69) is 21.3 Å². The first-order chi connectivity index (χ1) is 9.36. The zero-order valence-electron chi connectivity index (χ0n) is 11.2. The van der Waals surface area contributed by atoms with Gasteiger partial charge < -0.3 is 5.32 Å². The van der Waals surface area contributed by atoms with Crippen LogP contribution < -0.4 is 5.32 Å². The minimum Gasteiger partial charge on any atom is -0.365 e. The van der Waals surface area contributed by atoms with Crippen molar-refractivity contribution >= 4 is 5.82 Å². The first kappa shape index (κ1) is 12.4. The number of aromatic nitrogens is 1. The summed E-state index contributed by atoms with van der Waals surface area (Å²) >= 11 is 0. The number of hydrogen-bond donors (Lipinski definition) is 1. The Bertz CT molecular complexity index is 473. The number of anilines is 1. The van der Waals surface area contributed by atoms with E-state index >= 15 is 0 Å². The van der Waals surface area contributed by atoms with Crippen LogP contribution in [0.3, 0.4) is 0 Å². The molecule has 1 saturated carbocycles. The molecule has 4 nitrogen and oxygen atoms in total. The molecular formula is C15H20N4. The van der Waals surface area contributed by atoms with Crippen LogP contribution in [0.25, 0.3) is 0 Å². The fourth-order valence-corrected chi connectivity index (χ4v) is 3.31. The predicted molar refractivity (Wildman–Crippen MR) is 74.8 cm³/mol. The topological polar surface area (TPSA) is 52.0 Å². The highest BCUT2D eigenvalue weighted by Crippen LogP contribution is 2.27. The minimum absolute atomic E-state index is 0.433. The maximum atomic E-state index is 9.08. The van der Waals surface area contributed by atoms with E-state index in [0.717, 1.165) is 24.8 Å². The lowest BCUT2D eigenvalue weighted by atomic mass is 10.2. The molecule has 0 amide bonds. The fraction of sp³-hybridized carbons (Fsp3) is 0.600. The third-order valence-electron chi connectivity index (χ3n) is 4.33. The van der Waals surface area contributed by atoms with Crippen LogP contribution in [0.4, 0.5) is 5.82 Å². The maximum absolute atomic E-state index is 9.08. The van der Waals surface area contributed by atoms with Gasteiger partial charge in [0, 0.05) is 31.4 Å². The predicted octanol–water partition coefficient (Wildman–Crippen LogP) is 2.38. The molecule has 2 aliphatic rings. The van der Waals surface area contributed by atoms with Crippen LogP contribution in [0.15, 0.2) is 18.3 Å². The molecule has 1 unspecified atom stereocenters. The molecule has 19 heavy (non-hydrogen) atoms. The van der Waals surface area contributed by atoms with Crippen molar-refractivity contribution in [3.63, 3.8) is 0 Å². The lowest BCUT2D eigenvalue weighted by Gasteiger charge is -2.23. The van der Waals surface area contributed by atoms with Crippen molar-refractivity contribution < 1.29 is 0 Å². The molecule has 1 N–H and O–H groups in total. The molecule has 1 aliphatic carbocycles. The maximum Gasteiger partial charge on any atom is 0.144 e.